The summed E-state index contributed by atoms with van der Waals surface area (Å²) < 4.78 is 22.2. The second-order valence-corrected chi connectivity index (χ2v) is 7.73. The van der Waals surface area contributed by atoms with Crippen LogP contribution in [-0.2, 0) is 4.79 Å². The van der Waals surface area contributed by atoms with E-state index in [1.807, 2.05) is 58.1 Å². The van der Waals surface area contributed by atoms with Gasteiger partial charge in [-0.2, -0.15) is 0 Å². The first kappa shape index (κ1) is 21.0. The summed E-state index contributed by atoms with van der Waals surface area (Å²) in [6.07, 6.45) is 3.72. The van der Waals surface area contributed by atoms with Crippen molar-refractivity contribution >= 4 is 35.0 Å². The third-order valence-electron chi connectivity index (χ3n) is 4.30. The molecule has 0 fully saturated rings. The lowest BCUT2D eigenvalue weighted by Crippen LogP contribution is -2.16. The number of aromatic nitrogens is 4. The van der Waals surface area contributed by atoms with Gasteiger partial charge in [0.1, 0.15) is 11.6 Å². The molecule has 158 valence electrons. The molecule has 2 heterocycles. The number of thioether (sulfide) groups is 1. The predicted molar refractivity (Wildman–Crippen MR) is 118 cm³/mol. The van der Waals surface area contributed by atoms with Gasteiger partial charge in [0.15, 0.2) is 5.82 Å². The minimum atomic E-state index is -0.543. The van der Waals surface area contributed by atoms with Crippen LogP contribution in [0, 0.1) is 5.82 Å². The summed E-state index contributed by atoms with van der Waals surface area (Å²) in [7, 11) is 1.60. The largest absolute Gasteiger partial charge is 0.497 e. The average Bonchev–Trinajstić information content (AvgIpc) is 3.44. The number of amides is 1. The van der Waals surface area contributed by atoms with Crippen molar-refractivity contribution in [3.05, 3.63) is 77.8 Å². The maximum Gasteiger partial charge on any atom is 0.234 e. The molecule has 0 saturated heterocycles. The normalized spacial score (nSPS) is 10.8. The molecule has 0 atom stereocenters. The molecule has 4 rings (SSSR count). The molecule has 2 aromatic heterocycles. The van der Waals surface area contributed by atoms with E-state index in [1.54, 1.807) is 7.11 Å². The van der Waals surface area contributed by atoms with E-state index >= 15 is 0 Å². The van der Waals surface area contributed by atoms with Crippen LogP contribution in [0.15, 0.2) is 72.1 Å². The number of rotatable bonds is 7. The van der Waals surface area contributed by atoms with Crippen molar-refractivity contribution in [2.75, 3.05) is 18.2 Å². The van der Waals surface area contributed by atoms with Crippen molar-refractivity contribution in [1.82, 2.24) is 19.5 Å². The molecule has 0 unspecified atom stereocenters. The molecule has 7 nitrogen and oxygen atoms in total. The molecule has 1 N–H and O–H groups in total. The second kappa shape index (κ2) is 9.23. The predicted octanol–water partition coefficient (Wildman–Crippen LogP) is 4.59. The number of carbonyl (C=O) groups is 1. The van der Waals surface area contributed by atoms with Gasteiger partial charge >= 0.3 is 0 Å². The molecule has 0 aliphatic carbocycles. The van der Waals surface area contributed by atoms with Crippen LogP contribution >= 0.6 is 23.4 Å². The van der Waals surface area contributed by atoms with Crippen LogP contribution in [0.2, 0.25) is 5.02 Å². The minimum absolute atomic E-state index is 0.0549. The third kappa shape index (κ3) is 4.73. The Balaban J connectivity index is 1.56. The van der Waals surface area contributed by atoms with Gasteiger partial charge in [-0.25, -0.2) is 9.07 Å². The zero-order valence-corrected chi connectivity index (χ0v) is 17.9. The van der Waals surface area contributed by atoms with Crippen LogP contribution in [0.4, 0.5) is 10.1 Å². The maximum atomic E-state index is 13.3. The van der Waals surface area contributed by atoms with Gasteiger partial charge in [0.05, 0.1) is 17.9 Å². The highest BCUT2D eigenvalue weighted by atomic mass is 35.5. The topological polar surface area (TPSA) is 74.0 Å². The van der Waals surface area contributed by atoms with E-state index in [9.17, 15) is 9.18 Å². The van der Waals surface area contributed by atoms with Crippen molar-refractivity contribution in [2.45, 2.75) is 5.16 Å². The number of hydrogen-bond acceptors (Lipinski definition) is 5. The van der Waals surface area contributed by atoms with Gasteiger partial charge < -0.3 is 10.1 Å². The fourth-order valence-electron chi connectivity index (χ4n) is 2.87. The zero-order chi connectivity index (χ0) is 21.8. The third-order valence-corrected chi connectivity index (χ3v) is 5.50. The highest BCUT2D eigenvalue weighted by Crippen LogP contribution is 2.27. The number of anilines is 1. The Kier molecular flexibility index (Phi) is 6.24. The highest BCUT2D eigenvalue weighted by Gasteiger charge is 2.17. The van der Waals surface area contributed by atoms with Crippen LogP contribution in [0.25, 0.3) is 11.4 Å². The Labute approximate surface area is 186 Å². The molecular weight excluding hydrogens is 441 g/mol. The molecule has 0 spiro atoms. The van der Waals surface area contributed by atoms with E-state index in [2.05, 4.69) is 15.5 Å². The average molecular weight is 458 g/mol. The summed E-state index contributed by atoms with van der Waals surface area (Å²) in [5.74, 6) is 0.554. The molecule has 0 aliphatic heterocycles. The molecule has 0 aliphatic rings. The standard InChI is InChI=1S/C21H17ClFN5O2S/c1-30-16-6-4-5-14(11-16)20-25-26-21(28(20)27-9-2-3-10-27)31-13-19(29)24-15-7-8-18(23)17(22)12-15/h2-12H,13H2,1H3,(H,24,29). The molecule has 2 aromatic carbocycles. The van der Waals surface area contributed by atoms with Crippen LogP contribution in [-0.4, -0.2) is 38.3 Å². The summed E-state index contributed by atoms with van der Waals surface area (Å²) in [5, 5.41) is 11.8. The SMILES string of the molecule is COc1cccc(-c2nnc(SCC(=O)Nc3ccc(F)c(Cl)c3)n2-n2cccc2)c1. The van der Waals surface area contributed by atoms with Crippen molar-refractivity contribution < 1.29 is 13.9 Å². The van der Waals surface area contributed by atoms with Gasteiger partial charge in [-0.3, -0.25) is 9.47 Å². The number of ether oxygens (including phenoxy) is 1. The van der Waals surface area contributed by atoms with E-state index < -0.39 is 5.82 Å². The fourth-order valence-corrected chi connectivity index (χ4v) is 3.78. The summed E-state index contributed by atoms with van der Waals surface area (Å²) in [5.41, 5.74) is 1.23. The minimum Gasteiger partial charge on any atom is -0.497 e. The number of benzene rings is 2. The Hall–Kier alpha value is -3.30. The molecule has 10 heteroatoms. The summed E-state index contributed by atoms with van der Waals surface area (Å²) in [6.45, 7) is 0. The lowest BCUT2D eigenvalue weighted by molar-refractivity contribution is -0.113. The molecule has 4 aromatic rings. The van der Waals surface area contributed by atoms with Gasteiger partial charge in [0.25, 0.3) is 0 Å². The number of carbonyl (C=O) groups excluding carboxylic acids is 1. The van der Waals surface area contributed by atoms with Crippen LogP contribution in [0.5, 0.6) is 5.75 Å². The quantitative estimate of drug-likeness (QED) is 0.411. The van der Waals surface area contributed by atoms with Gasteiger partial charge in [-0.15, -0.1) is 10.2 Å². The molecule has 1 amide bonds. The molecule has 31 heavy (non-hydrogen) atoms. The number of methoxy groups -OCH3 is 1. The zero-order valence-electron chi connectivity index (χ0n) is 16.3. The van der Waals surface area contributed by atoms with Crippen LogP contribution in [0.1, 0.15) is 0 Å². The number of nitrogens with zero attached hydrogens (tertiary/aromatic N) is 4. The first-order valence-electron chi connectivity index (χ1n) is 9.16. The summed E-state index contributed by atoms with van der Waals surface area (Å²) in [4.78, 5) is 12.4. The van der Waals surface area contributed by atoms with Crippen molar-refractivity contribution in [1.29, 1.82) is 0 Å². The number of halogens is 2. The lowest BCUT2D eigenvalue weighted by atomic mass is 10.2. The van der Waals surface area contributed by atoms with Gasteiger partial charge in [0, 0.05) is 23.6 Å². The van der Waals surface area contributed by atoms with Gasteiger partial charge in [-0.1, -0.05) is 35.5 Å². The van der Waals surface area contributed by atoms with Crippen molar-refractivity contribution in [3.8, 4) is 17.1 Å². The first-order valence-corrected chi connectivity index (χ1v) is 10.5. The smallest absolute Gasteiger partial charge is 0.234 e. The monoisotopic (exact) mass is 457 g/mol. The molecule has 0 saturated carbocycles. The lowest BCUT2D eigenvalue weighted by Gasteiger charge is -2.12. The van der Waals surface area contributed by atoms with Crippen LogP contribution in [0.3, 0.4) is 0 Å². The molecule has 0 radical (unpaired) electrons. The fraction of sp³-hybridized carbons (Fsp3) is 0.0952. The summed E-state index contributed by atoms with van der Waals surface area (Å²) >= 11 is 6.99. The number of hydrogen-bond donors (Lipinski definition) is 1. The molecular formula is C21H17ClFN5O2S. The molecule has 0 bridgehead atoms. The van der Waals surface area contributed by atoms with Crippen molar-refractivity contribution in [3.63, 3.8) is 0 Å². The number of nitrogens with one attached hydrogen (secondary N) is 1. The van der Waals surface area contributed by atoms with Crippen LogP contribution < -0.4 is 10.1 Å². The van der Waals surface area contributed by atoms with E-state index in [4.69, 9.17) is 16.3 Å². The van der Waals surface area contributed by atoms with Gasteiger partial charge in [-0.05, 0) is 42.5 Å². The van der Waals surface area contributed by atoms with Crippen molar-refractivity contribution in [2.24, 2.45) is 0 Å². The Morgan fingerprint density at radius 1 is 1.16 bits per heavy atom. The maximum absolute atomic E-state index is 13.3. The van der Waals surface area contributed by atoms with E-state index in [0.717, 1.165) is 5.56 Å². The highest BCUT2D eigenvalue weighted by molar-refractivity contribution is 7.99. The second-order valence-electron chi connectivity index (χ2n) is 6.38. The van der Waals surface area contributed by atoms with Gasteiger partial charge in [0.2, 0.25) is 11.1 Å². The first-order chi connectivity index (χ1) is 15.0. The summed E-state index contributed by atoms with van der Waals surface area (Å²) in [6, 6.07) is 15.3. The Morgan fingerprint density at radius 2 is 1.97 bits per heavy atom. The Bertz CT molecular complexity index is 1210. The van der Waals surface area contributed by atoms with E-state index in [-0.39, 0.29) is 16.7 Å². The van der Waals surface area contributed by atoms with E-state index in [1.165, 1.54) is 30.0 Å². The van der Waals surface area contributed by atoms with E-state index in [0.29, 0.717) is 22.4 Å². The Morgan fingerprint density at radius 3 is 2.71 bits per heavy atom.